The standard InChI is InChI=1S/C37H37N4/c1-23(2)30-21-27(26-13-8-7-9-14-26)22-31(24(3)4)35(30)41-20-19-39(6)37(41)33-25(5)28-15-10-11-16-29(28)34-36(33)40-18-12-17-32(40)38-34/h7-16,18-24H,17H2,1-6H3/q+1/i23D,24D. The van der Waals surface area contributed by atoms with Gasteiger partial charge in [0.1, 0.15) is 23.9 Å². The highest BCUT2D eigenvalue weighted by molar-refractivity contribution is 6.13. The first-order chi connectivity index (χ1) is 20.4. The summed E-state index contributed by atoms with van der Waals surface area (Å²) in [6.45, 7) is 9.98. The van der Waals surface area contributed by atoms with Crippen LogP contribution in [0.2, 0.25) is 0 Å². The van der Waals surface area contributed by atoms with E-state index in [4.69, 9.17) is 4.98 Å². The Bertz CT molecular complexity index is 2050. The number of hydrogen-bond acceptors (Lipinski definition) is 1. The number of benzene rings is 4. The van der Waals surface area contributed by atoms with Crippen LogP contribution in [0.1, 0.15) is 64.7 Å². The van der Waals surface area contributed by atoms with Gasteiger partial charge in [-0.05, 0) is 52.9 Å². The van der Waals surface area contributed by atoms with Crippen molar-refractivity contribution in [2.45, 2.75) is 52.8 Å². The van der Waals surface area contributed by atoms with Gasteiger partial charge in [0.2, 0.25) is 0 Å². The lowest BCUT2D eigenvalue weighted by Crippen LogP contribution is -2.30. The van der Waals surface area contributed by atoms with E-state index in [9.17, 15) is 2.74 Å². The Hall–Kier alpha value is -4.44. The molecule has 0 saturated heterocycles. The molecule has 0 N–H and O–H groups in total. The lowest BCUT2D eigenvalue weighted by molar-refractivity contribution is -0.659. The van der Waals surface area contributed by atoms with Crippen molar-refractivity contribution in [2.75, 3.05) is 0 Å². The maximum Gasteiger partial charge on any atom is 0.296 e. The zero-order valence-corrected chi connectivity index (χ0v) is 24.7. The first kappa shape index (κ1) is 23.3. The molecule has 0 spiro atoms. The molecule has 0 fully saturated rings. The van der Waals surface area contributed by atoms with E-state index in [0.717, 1.165) is 68.0 Å². The van der Waals surface area contributed by atoms with Crippen molar-refractivity contribution in [1.29, 1.82) is 0 Å². The molecule has 0 aliphatic carbocycles. The summed E-state index contributed by atoms with van der Waals surface area (Å²) in [5, 5.41) is 2.34. The summed E-state index contributed by atoms with van der Waals surface area (Å²) in [4.78, 5) is 5.15. The molecule has 6 aromatic rings. The Morgan fingerprint density at radius 3 is 2.22 bits per heavy atom. The van der Waals surface area contributed by atoms with Crippen LogP contribution in [0.3, 0.4) is 0 Å². The second kappa shape index (κ2) is 9.59. The molecule has 0 amide bonds. The van der Waals surface area contributed by atoms with Crippen LogP contribution in [0.15, 0.2) is 85.2 Å². The smallest absolute Gasteiger partial charge is 0.296 e. The molecular weight excluding hydrogens is 500 g/mol. The highest BCUT2D eigenvalue weighted by atomic mass is 15.2. The minimum Gasteiger partial charge on any atom is -0.302 e. The van der Waals surface area contributed by atoms with Gasteiger partial charge in [-0.3, -0.25) is 0 Å². The molecule has 3 heterocycles. The lowest BCUT2D eigenvalue weighted by atomic mass is 9.88. The maximum atomic E-state index is 9.36. The van der Waals surface area contributed by atoms with Gasteiger partial charge in [-0.1, -0.05) is 88.4 Å². The zero-order chi connectivity index (χ0) is 30.3. The van der Waals surface area contributed by atoms with E-state index in [-0.39, 0.29) is 0 Å². The minimum absolute atomic E-state index is 0.809. The minimum atomic E-state index is -0.922. The van der Waals surface area contributed by atoms with Gasteiger partial charge >= 0.3 is 0 Å². The van der Waals surface area contributed by atoms with Crippen LogP contribution in [0, 0.1) is 6.92 Å². The van der Waals surface area contributed by atoms with Gasteiger partial charge in [-0.2, -0.15) is 4.57 Å². The Balaban J connectivity index is 1.63. The van der Waals surface area contributed by atoms with Crippen molar-refractivity contribution in [1.82, 2.24) is 14.1 Å². The molecule has 0 saturated carbocycles. The summed E-state index contributed by atoms with van der Waals surface area (Å²) in [6, 6.07) is 23.1. The van der Waals surface area contributed by atoms with E-state index in [1.807, 2.05) is 45.9 Å². The van der Waals surface area contributed by atoms with Crippen LogP contribution in [0.5, 0.6) is 0 Å². The van der Waals surface area contributed by atoms with Crippen LogP contribution in [0.4, 0.5) is 0 Å². The molecule has 4 aromatic carbocycles. The second-order valence-electron chi connectivity index (χ2n) is 11.6. The quantitative estimate of drug-likeness (QED) is 0.201. The molecule has 0 atom stereocenters. The Kier molecular flexibility index (Phi) is 5.44. The average Bonchev–Trinajstić information content (AvgIpc) is 3.68. The Morgan fingerprint density at radius 1 is 0.878 bits per heavy atom. The Morgan fingerprint density at radius 2 is 1.54 bits per heavy atom. The number of imidazole rings is 2. The zero-order valence-electron chi connectivity index (χ0n) is 26.7. The van der Waals surface area contributed by atoms with Gasteiger partial charge in [-0.25, -0.2) is 9.55 Å². The lowest BCUT2D eigenvalue weighted by Gasteiger charge is -2.21. The van der Waals surface area contributed by atoms with Crippen molar-refractivity contribution >= 4 is 28.0 Å². The Labute approximate surface area is 245 Å². The van der Waals surface area contributed by atoms with Crippen molar-refractivity contribution in [3.05, 3.63) is 108 Å². The molecule has 2 aromatic heterocycles. The molecule has 0 radical (unpaired) electrons. The van der Waals surface area contributed by atoms with E-state index < -0.39 is 11.8 Å². The predicted octanol–water partition coefficient (Wildman–Crippen LogP) is 8.72. The number of allylic oxidation sites excluding steroid dienone is 1. The molecule has 4 heteroatoms. The monoisotopic (exact) mass is 539 g/mol. The van der Waals surface area contributed by atoms with Crippen molar-refractivity contribution in [3.8, 4) is 28.2 Å². The SMILES string of the molecule is [2H]C(C)(C)c1cc(-c2ccccc2)cc(C([2H])(C)C)c1-n1cc[n+](C)c1-c1c(C)c2ccccc2c2nc3n(c12)C=CC3. The topological polar surface area (TPSA) is 26.6 Å². The van der Waals surface area contributed by atoms with Crippen LogP contribution in [-0.2, 0) is 13.5 Å². The third-order valence-corrected chi connectivity index (χ3v) is 8.50. The average molecular weight is 540 g/mol. The molecule has 0 unspecified atom stereocenters. The third-order valence-electron chi connectivity index (χ3n) is 8.50. The summed E-state index contributed by atoms with van der Waals surface area (Å²) in [7, 11) is 2.08. The van der Waals surface area contributed by atoms with E-state index in [1.165, 1.54) is 10.9 Å². The van der Waals surface area contributed by atoms with Gasteiger partial charge in [-0.15, -0.1) is 0 Å². The molecule has 41 heavy (non-hydrogen) atoms. The summed E-state index contributed by atoms with van der Waals surface area (Å²) >= 11 is 0. The molecule has 0 bridgehead atoms. The van der Waals surface area contributed by atoms with Gasteiger partial charge < -0.3 is 4.57 Å². The summed E-state index contributed by atoms with van der Waals surface area (Å²) < 4.78 is 25.3. The highest BCUT2D eigenvalue weighted by Gasteiger charge is 2.32. The fourth-order valence-corrected chi connectivity index (χ4v) is 6.48. The summed E-state index contributed by atoms with van der Waals surface area (Å²) in [5.41, 5.74) is 9.16. The van der Waals surface area contributed by atoms with Crippen LogP contribution >= 0.6 is 0 Å². The first-order valence-corrected chi connectivity index (χ1v) is 14.4. The number of aryl methyl sites for hydroxylation is 2. The van der Waals surface area contributed by atoms with Crippen LogP contribution in [0.25, 0.3) is 56.2 Å². The summed E-state index contributed by atoms with van der Waals surface area (Å²) in [5.74, 6) is 0.198. The number of rotatable bonds is 5. The molecule has 1 aliphatic heterocycles. The normalized spacial score (nSPS) is 14.1. The molecule has 4 nitrogen and oxygen atoms in total. The van der Waals surface area contributed by atoms with Gasteiger partial charge in [0.05, 0.1) is 23.6 Å². The van der Waals surface area contributed by atoms with Gasteiger partial charge in [0.15, 0.2) is 0 Å². The van der Waals surface area contributed by atoms with Crippen molar-refractivity contribution in [3.63, 3.8) is 0 Å². The van der Waals surface area contributed by atoms with Gasteiger partial charge in [0, 0.05) is 31.9 Å². The molecule has 7 rings (SSSR count). The fourth-order valence-electron chi connectivity index (χ4n) is 6.48. The molecular formula is C37H37N4+. The summed E-state index contributed by atoms with van der Waals surface area (Å²) in [6.07, 6.45) is 9.29. The maximum absolute atomic E-state index is 9.36. The van der Waals surface area contributed by atoms with Crippen LogP contribution < -0.4 is 4.57 Å². The number of aromatic nitrogens is 4. The number of nitrogens with zero attached hydrogens (tertiary/aromatic N) is 4. The number of fused-ring (bicyclic) bond motifs is 5. The molecule has 1 aliphatic rings. The predicted molar refractivity (Wildman–Crippen MR) is 171 cm³/mol. The largest absolute Gasteiger partial charge is 0.302 e. The van der Waals surface area contributed by atoms with Crippen molar-refractivity contribution in [2.24, 2.45) is 7.05 Å². The first-order valence-electron chi connectivity index (χ1n) is 15.4. The van der Waals surface area contributed by atoms with E-state index in [0.29, 0.717) is 0 Å². The van der Waals surface area contributed by atoms with E-state index in [1.54, 1.807) is 0 Å². The van der Waals surface area contributed by atoms with E-state index in [2.05, 4.69) is 101 Å². The van der Waals surface area contributed by atoms with Gasteiger partial charge in [0.25, 0.3) is 5.82 Å². The van der Waals surface area contributed by atoms with Crippen molar-refractivity contribution < 1.29 is 7.31 Å². The van der Waals surface area contributed by atoms with Crippen LogP contribution in [-0.4, -0.2) is 14.1 Å². The molecule has 204 valence electrons. The third kappa shape index (κ3) is 3.88. The second-order valence-corrected chi connectivity index (χ2v) is 11.6. The fraction of sp³-hybridized carbons (Fsp3) is 0.243. The number of hydrogen-bond donors (Lipinski definition) is 0. The highest BCUT2D eigenvalue weighted by Crippen LogP contribution is 2.42. The van der Waals surface area contributed by atoms with E-state index >= 15 is 0 Å².